The van der Waals surface area contributed by atoms with Crippen LogP contribution in [0.5, 0.6) is 0 Å². The zero-order chi connectivity index (χ0) is 22.0. The second-order valence-corrected chi connectivity index (χ2v) is 10.1. The van der Waals surface area contributed by atoms with Gasteiger partial charge in [-0.25, -0.2) is 22.0 Å². The summed E-state index contributed by atoms with van der Waals surface area (Å²) >= 11 is 0. The maximum atomic E-state index is 14.7. The van der Waals surface area contributed by atoms with Crippen LogP contribution in [0.15, 0.2) is 91.0 Å². The van der Waals surface area contributed by atoms with E-state index in [0.29, 0.717) is 0 Å². The van der Waals surface area contributed by atoms with Gasteiger partial charge in [-0.3, -0.25) is 0 Å². The molecule has 0 nitrogen and oxygen atoms in total. The van der Waals surface area contributed by atoms with Gasteiger partial charge in [0.2, 0.25) is 5.82 Å². The van der Waals surface area contributed by atoms with Gasteiger partial charge in [0.25, 0.3) is 0 Å². The minimum atomic E-state index is -2.94. The Balaban J connectivity index is 2.23. The average Bonchev–Trinajstić information content (AvgIpc) is 2.83. The molecule has 4 rings (SSSR count). The summed E-state index contributed by atoms with van der Waals surface area (Å²) in [5.41, 5.74) is -0.929. The van der Waals surface area contributed by atoms with Crippen LogP contribution in [0, 0.1) is 29.1 Å². The van der Waals surface area contributed by atoms with E-state index in [2.05, 4.69) is 0 Å². The fraction of sp³-hybridized carbons (Fsp3) is 0. The summed E-state index contributed by atoms with van der Waals surface area (Å²) in [5, 5.41) is 2.16. The van der Waals surface area contributed by atoms with Crippen molar-refractivity contribution in [3.8, 4) is 0 Å². The van der Waals surface area contributed by atoms with Gasteiger partial charge < -0.3 is 0 Å². The minimum Gasteiger partial charge on any atom is -0.203 e. The van der Waals surface area contributed by atoms with Gasteiger partial charge in [0.1, 0.15) is 0 Å². The van der Waals surface area contributed by atoms with Crippen LogP contribution in [0.4, 0.5) is 22.0 Å². The number of rotatable bonds is 4. The van der Waals surface area contributed by atoms with Gasteiger partial charge in [-0.2, -0.15) is 0 Å². The van der Waals surface area contributed by atoms with Crippen LogP contribution in [0.25, 0.3) is 0 Å². The largest absolute Gasteiger partial charge is 0.203 e. The van der Waals surface area contributed by atoms with Crippen molar-refractivity contribution in [1.29, 1.82) is 0 Å². The van der Waals surface area contributed by atoms with E-state index in [1.54, 1.807) is 91.0 Å². The van der Waals surface area contributed by atoms with Crippen molar-refractivity contribution in [2.24, 2.45) is 0 Å². The molecule has 0 aliphatic rings. The molecule has 0 heterocycles. The fourth-order valence-electron chi connectivity index (χ4n) is 3.59. The van der Waals surface area contributed by atoms with E-state index in [1.165, 1.54) is 5.80 Å². The summed E-state index contributed by atoms with van der Waals surface area (Å²) < 4.78 is 71.2. The van der Waals surface area contributed by atoms with Gasteiger partial charge in [0, 0.05) is 0 Å². The smallest absolute Gasteiger partial charge is 0.200 e. The molecule has 0 aliphatic heterocycles. The molecule has 0 fully saturated rings. The summed E-state index contributed by atoms with van der Waals surface area (Å²) in [7, 11) is 0. The molecule has 0 aliphatic carbocycles. The zero-order valence-electron chi connectivity index (χ0n) is 16.1. The van der Waals surface area contributed by atoms with Gasteiger partial charge >= 0.3 is 0 Å². The Morgan fingerprint density at radius 2 is 0.710 bits per heavy atom. The highest BCUT2D eigenvalue weighted by molar-refractivity contribution is 7.94. The first kappa shape index (κ1) is 21.1. The molecule has 0 unspecified atom stereocenters. The Morgan fingerprint density at radius 1 is 0.419 bits per heavy atom. The van der Waals surface area contributed by atoms with Crippen molar-refractivity contribution in [2.75, 3.05) is 0 Å². The second-order valence-electron chi connectivity index (χ2n) is 6.84. The van der Waals surface area contributed by atoms with Gasteiger partial charge in [-0.05, 0) is 28.6 Å². The predicted molar refractivity (Wildman–Crippen MR) is 117 cm³/mol. The van der Waals surface area contributed by atoms with Crippen LogP contribution >= 0.6 is 6.89 Å². The molecule has 0 aromatic heterocycles. The first-order chi connectivity index (χ1) is 15.0. The molecule has 4 aromatic rings. The SMILES string of the molecule is Fc1c(F)c(F)c(C=P(c2ccccc2)(c2ccccc2)c2ccccc2)c(F)c1F. The van der Waals surface area contributed by atoms with Crippen LogP contribution in [0.2, 0.25) is 0 Å². The molecule has 0 atom stereocenters. The third-order valence-electron chi connectivity index (χ3n) is 5.06. The topological polar surface area (TPSA) is 0 Å². The Labute approximate surface area is 176 Å². The lowest BCUT2D eigenvalue weighted by Crippen LogP contribution is -2.27. The zero-order valence-corrected chi connectivity index (χ0v) is 17.0. The molecule has 0 N–H and O–H groups in total. The summed E-state index contributed by atoms with van der Waals surface area (Å²) in [6, 6.07) is 26.9. The van der Waals surface area contributed by atoms with Gasteiger partial charge in [-0.1, -0.05) is 91.0 Å². The second kappa shape index (κ2) is 8.52. The Hall–Kier alpha value is -3.17. The molecule has 0 saturated heterocycles. The predicted octanol–water partition coefficient (Wildman–Crippen LogP) is 5.53. The van der Waals surface area contributed by atoms with Crippen molar-refractivity contribution in [3.05, 3.63) is 126 Å². The molecular weight excluding hydrogens is 426 g/mol. The van der Waals surface area contributed by atoms with Crippen LogP contribution in [-0.4, -0.2) is 5.80 Å². The lowest BCUT2D eigenvalue weighted by Gasteiger charge is -2.29. The Morgan fingerprint density at radius 3 is 1.03 bits per heavy atom. The van der Waals surface area contributed by atoms with Crippen LogP contribution in [-0.2, 0) is 0 Å². The maximum absolute atomic E-state index is 14.7. The van der Waals surface area contributed by atoms with Crippen LogP contribution in [0.1, 0.15) is 5.56 Å². The molecule has 6 heteroatoms. The van der Waals surface area contributed by atoms with E-state index in [-0.39, 0.29) is 0 Å². The third kappa shape index (κ3) is 3.60. The van der Waals surface area contributed by atoms with Crippen LogP contribution in [0.3, 0.4) is 0 Å². The first-order valence-electron chi connectivity index (χ1n) is 9.39. The number of halogens is 5. The molecule has 4 aromatic carbocycles. The van der Waals surface area contributed by atoms with Gasteiger partial charge in [0.15, 0.2) is 23.3 Å². The third-order valence-corrected chi connectivity index (χ3v) is 9.04. The normalized spacial score (nSPS) is 11.4. The molecular formula is C25H16F5P. The average molecular weight is 442 g/mol. The molecule has 156 valence electrons. The number of benzene rings is 4. The van der Waals surface area contributed by atoms with Crippen molar-refractivity contribution in [1.82, 2.24) is 0 Å². The molecule has 0 bridgehead atoms. The quantitative estimate of drug-likeness (QED) is 0.169. The molecule has 31 heavy (non-hydrogen) atoms. The summed E-state index contributed by atoms with van der Waals surface area (Å²) in [6.45, 7) is -2.94. The van der Waals surface area contributed by atoms with Crippen molar-refractivity contribution in [3.63, 3.8) is 0 Å². The summed E-state index contributed by atoms with van der Waals surface area (Å²) in [4.78, 5) is 0. The summed E-state index contributed by atoms with van der Waals surface area (Å²) in [6.07, 6.45) is 0. The standard InChI is InChI=1S/C25H16F5P/c26-21-20(22(27)24(29)25(30)23(21)28)16-31(17-10-4-1-5-11-17,18-12-6-2-7-13-18)19-14-8-3-9-15-19/h1-16H. The first-order valence-corrected chi connectivity index (χ1v) is 11.3. The van der Waals surface area contributed by atoms with Gasteiger partial charge in [-0.15, -0.1) is 0 Å². The van der Waals surface area contributed by atoms with E-state index < -0.39 is 41.5 Å². The summed E-state index contributed by atoms with van der Waals surface area (Å²) in [5.74, 6) is -8.55. The highest BCUT2D eigenvalue weighted by Gasteiger charge is 2.30. The van der Waals surface area contributed by atoms with Crippen molar-refractivity contribution in [2.45, 2.75) is 0 Å². The Bertz CT molecular complexity index is 1140. The molecule has 0 radical (unpaired) electrons. The Kier molecular flexibility index (Phi) is 5.79. The number of hydrogen-bond acceptors (Lipinski definition) is 0. The highest BCUT2D eigenvalue weighted by atomic mass is 31.2. The van der Waals surface area contributed by atoms with E-state index >= 15 is 0 Å². The number of hydrogen-bond donors (Lipinski definition) is 0. The molecule has 0 spiro atoms. The van der Waals surface area contributed by atoms with E-state index in [9.17, 15) is 22.0 Å². The van der Waals surface area contributed by atoms with E-state index in [4.69, 9.17) is 0 Å². The minimum absolute atomic E-state index is 0.719. The van der Waals surface area contributed by atoms with Crippen molar-refractivity contribution < 1.29 is 22.0 Å². The maximum Gasteiger partial charge on any atom is 0.200 e. The monoisotopic (exact) mass is 442 g/mol. The van der Waals surface area contributed by atoms with Crippen molar-refractivity contribution >= 4 is 28.6 Å². The van der Waals surface area contributed by atoms with E-state index in [1.807, 2.05) is 0 Å². The van der Waals surface area contributed by atoms with E-state index in [0.717, 1.165) is 15.9 Å². The van der Waals surface area contributed by atoms with Crippen LogP contribution < -0.4 is 15.9 Å². The molecule has 0 amide bonds. The van der Waals surface area contributed by atoms with Gasteiger partial charge in [0.05, 0.1) is 5.56 Å². The highest BCUT2D eigenvalue weighted by Crippen LogP contribution is 2.45. The lowest BCUT2D eigenvalue weighted by molar-refractivity contribution is 0.377. The lowest BCUT2D eigenvalue weighted by atomic mass is 10.2. The fourth-order valence-corrected chi connectivity index (χ4v) is 7.47. The molecule has 0 saturated carbocycles.